The van der Waals surface area contributed by atoms with Crippen LogP contribution < -0.4 is 5.32 Å². The molecule has 0 aliphatic carbocycles. The Bertz CT molecular complexity index is 399. The van der Waals surface area contributed by atoms with Gasteiger partial charge in [-0.25, -0.2) is 0 Å². The third-order valence-corrected chi connectivity index (χ3v) is 5.31. The number of rotatable bonds is 3. The van der Waals surface area contributed by atoms with E-state index in [2.05, 4.69) is 15.4 Å². The van der Waals surface area contributed by atoms with E-state index in [0.29, 0.717) is 19.1 Å². The van der Waals surface area contributed by atoms with Crippen molar-refractivity contribution >= 4 is 5.90 Å². The number of piperidine rings is 1. The molecule has 0 bridgehead atoms. The molecule has 6 nitrogen and oxygen atoms in total. The number of oxime groups is 1. The van der Waals surface area contributed by atoms with E-state index in [1.807, 2.05) is 0 Å². The van der Waals surface area contributed by atoms with E-state index in [4.69, 9.17) is 14.3 Å². The van der Waals surface area contributed by atoms with Gasteiger partial charge in [0, 0.05) is 25.6 Å². The van der Waals surface area contributed by atoms with Gasteiger partial charge in [-0.05, 0) is 25.9 Å². The Morgan fingerprint density at radius 1 is 1.24 bits per heavy atom. The zero-order chi connectivity index (χ0) is 14.1. The highest BCUT2D eigenvalue weighted by Gasteiger charge is 2.54. The molecule has 0 unspecified atom stereocenters. The molecule has 0 radical (unpaired) electrons. The minimum Gasteiger partial charge on any atom is -0.470 e. The lowest BCUT2D eigenvalue weighted by Crippen LogP contribution is -2.48. The predicted octanol–water partition coefficient (Wildman–Crippen LogP) is 0.437. The van der Waals surface area contributed by atoms with E-state index >= 15 is 0 Å². The molecule has 1 N–H and O–H groups in total. The highest BCUT2D eigenvalue weighted by Crippen LogP contribution is 2.40. The van der Waals surface area contributed by atoms with E-state index in [9.17, 15) is 0 Å². The topological polar surface area (TPSA) is 55.3 Å². The van der Waals surface area contributed by atoms with Crippen LogP contribution in [0.15, 0.2) is 5.16 Å². The van der Waals surface area contributed by atoms with Crippen LogP contribution in [0.5, 0.6) is 0 Å². The Morgan fingerprint density at radius 2 is 2.14 bits per heavy atom. The molecule has 4 aliphatic rings. The van der Waals surface area contributed by atoms with Crippen molar-refractivity contribution in [3.63, 3.8) is 0 Å². The largest absolute Gasteiger partial charge is 0.470 e. The number of likely N-dealkylation sites (tertiary alicyclic amines) is 1. The van der Waals surface area contributed by atoms with Crippen LogP contribution in [0.1, 0.15) is 19.3 Å². The molecule has 6 heteroatoms. The van der Waals surface area contributed by atoms with Gasteiger partial charge in [-0.3, -0.25) is 4.90 Å². The average molecular weight is 295 g/mol. The molecular weight excluding hydrogens is 270 g/mol. The third-order valence-electron chi connectivity index (χ3n) is 5.31. The van der Waals surface area contributed by atoms with Crippen LogP contribution in [0.25, 0.3) is 0 Å². The van der Waals surface area contributed by atoms with Crippen molar-refractivity contribution in [3.05, 3.63) is 0 Å². The monoisotopic (exact) mass is 295 g/mol. The van der Waals surface area contributed by atoms with E-state index < -0.39 is 0 Å². The molecule has 0 amide bonds. The number of nitrogens with one attached hydrogen (secondary N) is 1. The zero-order valence-corrected chi connectivity index (χ0v) is 12.6. The maximum atomic E-state index is 6.24. The minimum absolute atomic E-state index is 0.0967. The summed E-state index contributed by atoms with van der Waals surface area (Å²) in [5.41, 5.74) is -0.0967. The van der Waals surface area contributed by atoms with Gasteiger partial charge in [-0.1, -0.05) is 11.6 Å². The SMILES string of the molecule is C1CCN(C[C@@H]2CON=C([C@@]34CNC[C@@H]3COC4)O2)CC1. The van der Waals surface area contributed by atoms with E-state index in [1.54, 1.807) is 0 Å². The molecule has 0 saturated carbocycles. The van der Waals surface area contributed by atoms with Crippen molar-refractivity contribution in [2.24, 2.45) is 16.5 Å². The quantitative estimate of drug-likeness (QED) is 0.819. The van der Waals surface area contributed by atoms with E-state index in [0.717, 1.165) is 32.1 Å². The van der Waals surface area contributed by atoms with Gasteiger partial charge in [0.15, 0.2) is 6.61 Å². The average Bonchev–Trinajstić information content (AvgIpc) is 3.09. The molecular formula is C15H25N3O3. The molecule has 3 fully saturated rings. The molecule has 3 atom stereocenters. The summed E-state index contributed by atoms with van der Waals surface area (Å²) in [5, 5.41) is 7.70. The summed E-state index contributed by atoms with van der Waals surface area (Å²) in [6, 6.07) is 0. The first kappa shape index (κ1) is 13.8. The molecule has 3 saturated heterocycles. The Morgan fingerprint density at radius 3 is 3.05 bits per heavy atom. The summed E-state index contributed by atoms with van der Waals surface area (Å²) in [7, 11) is 0. The van der Waals surface area contributed by atoms with Crippen molar-refractivity contribution in [2.45, 2.75) is 25.4 Å². The zero-order valence-electron chi connectivity index (χ0n) is 12.6. The van der Waals surface area contributed by atoms with Crippen molar-refractivity contribution in [1.29, 1.82) is 0 Å². The van der Waals surface area contributed by atoms with Crippen LogP contribution in [0.2, 0.25) is 0 Å². The van der Waals surface area contributed by atoms with Crippen molar-refractivity contribution in [3.8, 4) is 0 Å². The number of hydrogen-bond donors (Lipinski definition) is 1. The second kappa shape index (κ2) is 5.74. The molecule has 0 aromatic rings. The molecule has 0 aromatic carbocycles. The van der Waals surface area contributed by atoms with Gasteiger partial charge in [0.2, 0.25) is 5.90 Å². The molecule has 4 heterocycles. The summed E-state index contributed by atoms with van der Waals surface area (Å²) < 4.78 is 11.9. The van der Waals surface area contributed by atoms with Crippen LogP contribution in [0.4, 0.5) is 0 Å². The van der Waals surface area contributed by atoms with Gasteiger partial charge in [0.1, 0.15) is 6.10 Å². The fourth-order valence-electron chi connectivity index (χ4n) is 4.01. The summed E-state index contributed by atoms with van der Waals surface area (Å²) in [4.78, 5) is 8.00. The fourth-order valence-corrected chi connectivity index (χ4v) is 4.01. The highest BCUT2D eigenvalue weighted by molar-refractivity contribution is 5.84. The van der Waals surface area contributed by atoms with Gasteiger partial charge >= 0.3 is 0 Å². The van der Waals surface area contributed by atoms with E-state index in [1.165, 1.54) is 32.4 Å². The van der Waals surface area contributed by atoms with Crippen LogP contribution in [-0.4, -0.2) is 69.4 Å². The number of nitrogens with zero attached hydrogens (tertiary/aromatic N) is 2. The smallest absolute Gasteiger partial charge is 0.236 e. The lowest BCUT2D eigenvalue weighted by Gasteiger charge is -2.35. The summed E-state index contributed by atoms with van der Waals surface area (Å²) in [6.07, 6.45) is 4.07. The Hall–Kier alpha value is -0.850. The molecule has 4 aliphatic heterocycles. The Kier molecular flexibility index (Phi) is 3.77. The molecule has 0 spiro atoms. The highest BCUT2D eigenvalue weighted by atomic mass is 16.7. The maximum absolute atomic E-state index is 6.24. The second-order valence-electron chi connectivity index (χ2n) is 6.79. The third kappa shape index (κ3) is 2.53. The Labute approximate surface area is 125 Å². The maximum Gasteiger partial charge on any atom is 0.236 e. The van der Waals surface area contributed by atoms with Crippen LogP contribution in [0.3, 0.4) is 0 Å². The first-order chi connectivity index (χ1) is 10.4. The molecule has 4 rings (SSSR count). The van der Waals surface area contributed by atoms with Crippen molar-refractivity contribution in [2.75, 3.05) is 52.5 Å². The second-order valence-corrected chi connectivity index (χ2v) is 6.79. The fraction of sp³-hybridized carbons (Fsp3) is 0.933. The standard InChI is InChI=1S/C15H25N3O3/c1-2-4-18(5-3-1)7-13-9-20-17-14(21-13)15-10-16-6-12(15)8-19-11-15/h12-13,16H,1-11H2/t12-,13-,15-/m1/s1. The van der Waals surface area contributed by atoms with Gasteiger partial charge in [0.25, 0.3) is 0 Å². The van der Waals surface area contributed by atoms with Crippen LogP contribution >= 0.6 is 0 Å². The molecule has 118 valence electrons. The van der Waals surface area contributed by atoms with Crippen LogP contribution in [-0.2, 0) is 14.3 Å². The first-order valence-corrected chi connectivity index (χ1v) is 8.25. The van der Waals surface area contributed by atoms with Crippen LogP contribution in [0, 0.1) is 11.3 Å². The number of fused-ring (bicyclic) bond motifs is 1. The predicted molar refractivity (Wildman–Crippen MR) is 78.2 cm³/mol. The normalized spacial score (nSPS) is 40.3. The number of hydrogen-bond acceptors (Lipinski definition) is 6. The van der Waals surface area contributed by atoms with Gasteiger partial charge < -0.3 is 19.6 Å². The molecule has 21 heavy (non-hydrogen) atoms. The van der Waals surface area contributed by atoms with Gasteiger partial charge in [-0.15, -0.1) is 0 Å². The van der Waals surface area contributed by atoms with Gasteiger partial charge in [-0.2, -0.15) is 0 Å². The Balaban J connectivity index is 1.41. The minimum atomic E-state index is -0.0967. The summed E-state index contributed by atoms with van der Waals surface area (Å²) in [6.45, 7) is 7.25. The molecule has 0 aromatic heterocycles. The van der Waals surface area contributed by atoms with E-state index in [-0.39, 0.29) is 11.5 Å². The van der Waals surface area contributed by atoms with Crippen molar-refractivity contribution < 1.29 is 14.3 Å². The summed E-state index contributed by atoms with van der Waals surface area (Å²) >= 11 is 0. The summed E-state index contributed by atoms with van der Waals surface area (Å²) in [5.74, 6) is 1.23. The van der Waals surface area contributed by atoms with Gasteiger partial charge in [0.05, 0.1) is 18.6 Å². The first-order valence-electron chi connectivity index (χ1n) is 8.25. The number of ether oxygens (including phenoxy) is 2. The lowest BCUT2D eigenvalue weighted by molar-refractivity contribution is -0.0226. The van der Waals surface area contributed by atoms with Crippen molar-refractivity contribution in [1.82, 2.24) is 10.2 Å². The lowest BCUT2D eigenvalue weighted by atomic mass is 9.80.